The molecular formula is C50H62N6O6. The van der Waals surface area contributed by atoms with Gasteiger partial charge in [0.15, 0.2) is 0 Å². The molecule has 0 aliphatic heterocycles. The lowest BCUT2D eigenvalue weighted by atomic mass is 9.98. The van der Waals surface area contributed by atoms with E-state index in [4.69, 9.17) is 10.2 Å². The van der Waals surface area contributed by atoms with Gasteiger partial charge in [-0.3, -0.25) is 20.2 Å². The summed E-state index contributed by atoms with van der Waals surface area (Å²) in [6.45, 7) is 11.8. The fourth-order valence-electron chi connectivity index (χ4n) is 8.98. The Morgan fingerprint density at radius 2 is 1.06 bits per heavy atom. The average molecular weight is 843 g/mol. The summed E-state index contributed by atoms with van der Waals surface area (Å²) in [4.78, 5) is 40.0. The van der Waals surface area contributed by atoms with E-state index in [0.29, 0.717) is 36.1 Å². The molecule has 0 amide bonds. The number of non-ortho nitro benzene ring substituents is 2. The fourth-order valence-corrected chi connectivity index (χ4v) is 8.98. The lowest BCUT2D eigenvalue weighted by molar-refractivity contribution is -0.384. The fraction of sp³-hybridized carbons (Fsp3) is 0.460. The number of benzene rings is 4. The number of fused-ring (bicyclic) bond motifs is 6. The molecule has 12 heteroatoms. The number of aromatic nitrogens is 2. The van der Waals surface area contributed by atoms with Gasteiger partial charge in [-0.1, -0.05) is 96.3 Å². The normalized spacial score (nSPS) is 13.0. The molecule has 2 atom stereocenters. The molecule has 0 fully saturated rings. The van der Waals surface area contributed by atoms with Gasteiger partial charge in [-0.25, -0.2) is 4.79 Å². The van der Waals surface area contributed by atoms with Crippen LogP contribution in [0, 0.1) is 37.5 Å². The van der Waals surface area contributed by atoms with E-state index in [0.717, 1.165) is 138 Å². The first-order valence-electron chi connectivity index (χ1n) is 22.7. The van der Waals surface area contributed by atoms with Crippen LogP contribution in [0.1, 0.15) is 136 Å². The molecule has 6 rings (SSSR count). The molecular weight excluding hydrogens is 781 g/mol. The summed E-state index contributed by atoms with van der Waals surface area (Å²) in [6.07, 6.45) is 13.5. The quantitative estimate of drug-likeness (QED) is 0.0210. The van der Waals surface area contributed by atoms with Crippen LogP contribution in [0.3, 0.4) is 0 Å². The Labute approximate surface area is 364 Å². The molecule has 6 aromatic rings. The highest BCUT2D eigenvalue weighted by Gasteiger charge is 2.21. The summed E-state index contributed by atoms with van der Waals surface area (Å²) in [5, 5.41) is 40.4. The molecule has 2 aromatic heterocycles. The van der Waals surface area contributed by atoms with Gasteiger partial charge in [-0.15, -0.1) is 0 Å². The molecule has 62 heavy (non-hydrogen) atoms. The van der Waals surface area contributed by atoms with Crippen molar-refractivity contribution in [3.8, 4) is 0 Å². The van der Waals surface area contributed by atoms with Crippen molar-refractivity contribution >= 4 is 72.4 Å². The Bertz CT molecular complexity index is 2600. The molecule has 0 radical (unpaired) electrons. The largest absolute Gasteiger partial charge is 0.340 e. The van der Waals surface area contributed by atoms with Crippen molar-refractivity contribution in [2.45, 2.75) is 138 Å². The van der Waals surface area contributed by atoms with Crippen molar-refractivity contribution in [3.05, 3.63) is 104 Å². The molecule has 12 nitrogen and oxygen atoms in total. The van der Waals surface area contributed by atoms with Gasteiger partial charge in [0, 0.05) is 99.2 Å². The highest BCUT2D eigenvalue weighted by molar-refractivity contribution is 6.13. The predicted octanol–water partition coefficient (Wildman–Crippen LogP) is 13.8. The van der Waals surface area contributed by atoms with E-state index >= 15 is 0 Å². The lowest BCUT2D eigenvalue weighted by Gasteiger charge is -2.17. The molecule has 4 aromatic carbocycles. The molecule has 328 valence electrons. The Hall–Kier alpha value is -5.91. The van der Waals surface area contributed by atoms with Crippen LogP contribution in [0.4, 0.5) is 11.4 Å². The molecule has 0 spiro atoms. The molecule has 0 saturated heterocycles. The number of carbonyl (C=O) groups excluding carboxylic acids is 1. The highest BCUT2D eigenvalue weighted by Crippen LogP contribution is 2.36. The first-order chi connectivity index (χ1) is 30.0. The number of nitrogens with one attached hydrogen (secondary N) is 1. The van der Waals surface area contributed by atoms with Gasteiger partial charge in [0.2, 0.25) is 0 Å². The molecule has 1 N–H and O–H groups in total. The minimum atomic E-state index is -0.509. The maximum absolute atomic E-state index is 11.9. The summed E-state index contributed by atoms with van der Waals surface area (Å²) in [6, 6.07) is 22.4. The Morgan fingerprint density at radius 3 is 1.52 bits per heavy atom. The second-order valence-electron chi connectivity index (χ2n) is 16.9. The molecule has 2 heterocycles. The van der Waals surface area contributed by atoms with Crippen LogP contribution >= 0.6 is 0 Å². The first kappa shape index (κ1) is 45.6. The summed E-state index contributed by atoms with van der Waals surface area (Å²) in [5.41, 5.74) is 6.90. The van der Waals surface area contributed by atoms with Gasteiger partial charge in [0.05, 0.1) is 15.6 Å². The van der Waals surface area contributed by atoms with Crippen LogP contribution < -0.4 is 0 Å². The zero-order chi connectivity index (χ0) is 44.3. The van der Waals surface area contributed by atoms with Crippen molar-refractivity contribution in [1.29, 1.82) is 5.41 Å². The Balaban J connectivity index is 1.16. The van der Waals surface area contributed by atoms with Gasteiger partial charge in [-0.2, -0.15) is 0 Å². The minimum absolute atomic E-state index is 0.0413. The van der Waals surface area contributed by atoms with Crippen LogP contribution in [0.2, 0.25) is 0 Å². The number of unbranched alkanes of at least 4 members (excludes halogenated alkanes) is 5. The molecule has 2 unspecified atom stereocenters. The monoisotopic (exact) mass is 842 g/mol. The molecule has 0 aliphatic carbocycles. The minimum Gasteiger partial charge on any atom is -0.340 e. The summed E-state index contributed by atoms with van der Waals surface area (Å²) >= 11 is 0. The molecule has 0 aliphatic rings. The number of oxime groups is 1. The lowest BCUT2D eigenvalue weighted by Crippen LogP contribution is -2.10. The predicted molar refractivity (Wildman–Crippen MR) is 252 cm³/mol. The van der Waals surface area contributed by atoms with Gasteiger partial charge in [0.25, 0.3) is 11.4 Å². The third kappa shape index (κ3) is 10.6. The van der Waals surface area contributed by atoms with Crippen LogP contribution in [0.5, 0.6) is 0 Å². The third-order valence-electron chi connectivity index (χ3n) is 12.6. The Kier molecular flexibility index (Phi) is 15.6. The highest BCUT2D eigenvalue weighted by atomic mass is 16.7. The maximum Gasteiger partial charge on any atom is 0.331 e. The molecule has 0 saturated carbocycles. The second kappa shape index (κ2) is 21.3. The van der Waals surface area contributed by atoms with Crippen LogP contribution in [0.25, 0.3) is 43.6 Å². The summed E-state index contributed by atoms with van der Waals surface area (Å²) in [7, 11) is 0. The van der Waals surface area contributed by atoms with E-state index in [1.165, 1.54) is 13.3 Å². The van der Waals surface area contributed by atoms with Crippen LogP contribution in [-0.4, -0.2) is 36.4 Å². The topological polar surface area (TPSA) is 159 Å². The summed E-state index contributed by atoms with van der Waals surface area (Å²) in [5.74, 6) is 0.480. The van der Waals surface area contributed by atoms with E-state index in [1.54, 1.807) is 24.3 Å². The van der Waals surface area contributed by atoms with Crippen molar-refractivity contribution in [2.24, 2.45) is 17.0 Å². The SMILES string of the molecule is CCCCC(CC)Cn1c2ccc(C(=N)CCCCCC/C(=N\OC(C)=O)c3ccc4c(c3)c3cc([N+](=O)[O-])ccc3n4CC(CC)CCCC)cc2c2cc([N+](=O)[O-])ccc21. The number of carbonyl (C=O) groups is 1. The number of nitro groups is 2. The van der Waals surface area contributed by atoms with Gasteiger partial charge >= 0.3 is 5.97 Å². The zero-order valence-electron chi connectivity index (χ0n) is 37.1. The van der Waals surface area contributed by atoms with Gasteiger partial charge in [0.1, 0.15) is 0 Å². The smallest absolute Gasteiger partial charge is 0.331 e. The first-order valence-corrected chi connectivity index (χ1v) is 22.7. The number of hydrogen-bond donors (Lipinski definition) is 1. The van der Waals surface area contributed by atoms with E-state index in [1.807, 2.05) is 36.4 Å². The molecule has 0 bridgehead atoms. The number of hydrogen-bond acceptors (Lipinski definition) is 8. The Morgan fingerprint density at radius 1 is 0.629 bits per heavy atom. The van der Waals surface area contributed by atoms with E-state index in [9.17, 15) is 25.0 Å². The second-order valence-corrected chi connectivity index (χ2v) is 16.9. The number of nitrogens with zero attached hydrogens (tertiary/aromatic N) is 5. The van der Waals surface area contributed by atoms with E-state index in [2.05, 4.69) is 54.1 Å². The number of rotatable bonds is 24. The third-order valence-corrected chi connectivity index (χ3v) is 12.6. The maximum atomic E-state index is 11.9. The number of nitro benzene ring substituents is 2. The summed E-state index contributed by atoms with van der Waals surface area (Å²) < 4.78 is 4.60. The average Bonchev–Trinajstić information content (AvgIpc) is 3.75. The van der Waals surface area contributed by atoms with Crippen molar-refractivity contribution in [1.82, 2.24) is 9.13 Å². The van der Waals surface area contributed by atoms with Crippen molar-refractivity contribution < 1.29 is 19.5 Å². The van der Waals surface area contributed by atoms with Gasteiger partial charge < -0.3 is 19.4 Å². The van der Waals surface area contributed by atoms with E-state index < -0.39 is 5.97 Å². The van der Waals surface area contributed by atoms with E-state index in [-0.39, 0.29) is 21.2 Å². The van der Waals surface area contributed by atoms with Crippen LogP contribution in [-0.2, 0) is 22.7 Å². The van der Waals surface area contributed by atoms with Crippen molar-refractivity contribution in [2.75, 3.05) is 0 Å². The van der Waals surface area contributed by atoms with Crippen molar-refractivity contribution in [3.63, 3.8) is 0 Å². The van der Waals surface area contributed by atoms with Gasteiger partial charge in [-0.05, 0) is 92.3 Å². The van der Waals surface area contributed by atoms with Crippen LogP contribution in [0.15, 0.2) is 78.0 Å². The standard InChI is InChI=1S/C50H62N6O6/c1-6-10-16-35(8-3)32-53-47-24-20-37(28-41(47)43-30-39(55(58)59)22-26-49(43)53)45(51)18-14-12-13-15-19-46(52-62-34(5)57)38-21-25-48-42(29-38)44-31-40(56(60)61)23-27-50(44)54(48)33-36(9-4)17-11-7-2/h20-31,35-36,51H,6-19,32-33H2,1-5H3/b51-45?,52-46+. The zero-order valence-corrected chi connectivity index (χ0v) is 37.1.